The zero-order chi connectivity index (χ0) is 27.8. The Kier molecular flexibility index (Phi) is 6.72. The molecule has 3 heterocycles. The Bertz CT molecular complexity index is 1710. The largest absolute Gasteiger partial charge is 0.339 e. The van der Waals surface area contributed by atoms with E-state index < -0.39 is 5.82 Å². The Morgan fingerprint density at radius 1 is 1.15 bits per heavy atom. The maximum absolute atomic E-state index is 14.9. The molecule has 4 aromatic rings. The van der Waals surface area contributed by atoms with Crippen LogP contribution in [0, 0.1) is 24.1 Å². The van der Waals surface area contributed by atoms with Crippen molar-refractivity contribution in [1.29, 1.82) is 5.26 Å². The average molecular weight is 534 g/mol. The number of fused-ring (bicyclic) bond motifs is 1. The number of H-pyrrole nitrogens is 1. The summed E-state index contributed by atoms with van der Waals surface area (Å²) in [6.07, 6.45) is 6.45. The van der Waals surface area contributed by atoms with E-state index in [0.717, 1.165) is 22.2 Å². The van der Waals surface area contributed by atoms with Gasteiger partial charge in [-0.05, 0) is 72.6 Å². The average Bonchev–Trinajstić information content (AvgIpc) is 3.72. The molecular weight excluding hydrogens is 505 g/mol. The summed E-state index contributed by atoms with van der Waals surface area (Å²) in [7, 11) is 0. The normalized spacial score (nSPS) is 15.1. The van der Waals surface area contributed by atoms with Gasteiger partial charge in [-0.25, -0.2) is 14.4 Å². The molecule has 8 heteroatoms. The molecule has 0 saturated heterocycles. The van der Waals surface area contributed by atoms with Crippen LogP contribution in [-0.2, 0) is 11.2 Å². The van der Waals surface area contributed by atoms with Crippen molar-refractivity contribution in [2.45, 2.75) is 44.9 Å². The second-order valence-corrected chi connectivity index (χ2v) is 10.6. The van der Waals surface area contributed by atoms with Gasteiger partial charge in [0.15, 0.2) is 5.78 Å². The topological polar surface area (TPSA) is 103 Å². The minimum Gasteiger partial charge on any atom is -0.339 e. The number of nitriles is 1. The van der Waals surface area contributed by atoms with Crippen molar-refractivity contribution in [2.75, 3.05) is 13.1 Å². The van der Waals surface area contributed by atoms with Crippen LogP contribution in [0.4, 0.5) is 4.39 Å². The van der Waals surface area contributed by atoms with Gasteiger partial charge in [-0.1, -0.05) is 30.3 Å². The number of hydrogen-bond acceptors (Lipinski definition) is 5. The molecule has 0 unspecified atom stereocenters. The quantitative estimate of drug-likeness (QED) is 0.298. The number of nitrogens with one attached hydrogen (secondary N) is 1. The van der Waals surface area contributed by atoms with Crippen LogP contribution in [0.15, 0.2) is 54.9 Å². The van der Waals surface area contributed by atoms with Crippen LogP contribution in [0.5, 0.6) is 0 Å². The Morgan fingerprint density at radius 3 is 2.65 bits per heavy atom. The molecule has 2 aromatic carbocycles. The highest BCUT2D eigenvalue weighted by molar-refractivity contribution is 5.99. The van der Waals surface area contributed by atoms with Gasteiger partial charge in [-0.3, -0.25) is 9.59 Å². The lowest BCUT2D eigenvalue weighted by atomic mass is 9.93. The van der Waals surface area contributed by atoms with Crippen molar-refractivity contribution in [3.8, 4) is 17.3 Å². The molecule has 200 valence electrons. The molecule has 1 amide bonds. The zero-order valence-corrected chi connectivity index (χ0v) is 22.2. The minimum absolute atomic E-state index is 0.0507. The number of halogens is 1. The fourth-order valence-corrected chi connectivity index (χ4v) is 5.45. The third-order valence-electron chi connectivity index (χ3n) is 7.93. The van der Waals surface area contributed by atoms with Gasteiger partial charge in [0, 0.05) is 41.7 Å². The van der Waals surface area contributed by atoms with Gasteiger partial charge < -0.3 is 9.88 Å². The summed E-state index contributed by atoms with van der Waals surface area (Å²) in [4.78, 5) is 39.1. The van der Waals surface area contributed by atoms with Crippen LogP contribution in [0.1, 0.15) is 64.3 Å². The lowest BCUT2D eigenvalue weighted by molar-refractivity contribution is -0.129. The number of aromatic amines is 1. The van der Waals surface area contributed by atoms with E-state index in [1.165, 1.54) is 36.9 Å². The van der Waals surface area contributed by atoms with Gasteiger partial charge in [0.1, 0.15) is 24.2 Å². The number of ketones is 1. The molecule has 2 aromatic heterocycles. The van der Waals surface area contributed by atoms with Crippen LogP contribution in [0.3, 0.4) is 0 Å². The van der Waals surface area contributed by atoms with E-state index in [9.17, 15) is 14.0 Å². The van der Waals surface area contributed by atoms with Crippen molar-refractivity contribution in [3.63, 3.8) is 0 Å². The molecule has 1 saturated carbocycles. The summed E-state index contributed by atoms with van der Waals surface area (Å²) in [5, 5.41) is 9.56. The Balaban J connectivity index is 1.29. The maximum atomic E-state index is 14.9. The highest BCUT2D eigenvalue weighted by atomic mass is 19.1. The van der Waals surface area contributed by atoms with Gasteiger partial charge in [-0.15, -0.1) is 0 Å². The Morgan fingerprint density at radius 2 is 1.95 bits per heavy atom. The number of benzene rings is 2. The highest BCUT2D eigenvalue weighted by Crippen LogP contribution is 2.40. The first kappa shape index (κ1) is 25.6. The third kappa shape index (κ3) is 5.03. The molecule has 1 N–H and O–H groups in total. The molecule has 1 aliphatic heterocycles. The fraction of sp³-hybridized carbons (Fsp3) is 0.281. The number of carbonyl (C=O) groups is 2. The highest BCUT2D eigenvalue weighted by Gasteiger charge is 2.24. The molecule has 0 spiro atoms. The number of amides is 1. The molecule has 1 fully saturated rings. The van der Waals surface area contributed by atoms with E-state index >= 15 is 0 Å². The lowest BCUT2D eigenvalue weighted by Crippen LogP contribution is -2.34. The van der Waals surface area contributed by atoms with E-state index in [0.29, 0.717) is 53.5 Å². The van der Waals surface area contributed by atoms with E-state index in [-0.39, 0.29) is 24.5 Å². The number of nitrogens with zero attached hydrogens (tertiary/aromatic N) is 4. The Hall–Kier alpha value is -4.64. The molecule has 40 heavy (non-hydrogen) atoms. The summed E-state index contributed by atoms with van der Waals surface area (Å²) >= 11 is 0. The summed E-state index contributed by atoms with van der Waals surface area (Å²) in [5.41, 5.74) is 7.08. The van der Waals surface area contributed by atoms with Crippen LogP contribution in [0.25, 0.3) is 27.9 Å². The molecule has 0 radical (unpaired) electrons. The van der Waals surface area contributed by atoms with Crippen LogP contribution < -0.4 is 0 Å². The SMILES string of the molecule is Cc1c(CC(=O)c2ccc(C3CC3)cc2)cc(F)cc1-c1ncnc2[nH]c(C3=CCN(C(=O)CC#N)CC3)cc12. The molecule has 2 aliphatic rings. The third-order valence-corrected chi connectivity index (χ3v) is 7.93. The van der Waals surface area contributed by atoms with Crippen LogP contribution in [-0.4, -0.2) is 44.6 Å². The summed E-state index contributed by atoms with van der Waals surface area (Å²) in [6.45, 7) is 2.86. The summed E-state index contributed by atoms with van der Waals surface area (Å²) in [5.74, 6) is -0.0234. The van der Waals surface area contributed by atoms with Gasteiger partial charge in [0.05, 0.1) is 11.8 Å². The van der Waals surface area contributed by atoms with E-state index in [1.54, 1.807) is 4.90 Å². The maximum Gasteiger partial charge on any atom is 0.237 e. The monoisotopic (exact) mass is 533 g/mol. The van der Waals surface area contributed by atoms with Gasteiger partial charge >= 0.3 is 0 Å². The second kappa shape index (κ2) is 10.5. The standard InChI is InChI=1S/C32H28FN5O2/c1-19-24(15-29(39)23-6-4-21(5-7-23)20-2-3-20)14-25(33)16-26(19)31-27-17-28(37-32(27)36-18-35-31)22-9-12-38(13-10-22)30(40)8-11-34/h4-7,9,14,16-18,20H,2-3,8,10,12-13,15H2,1H3,(H,35,36,37). The van der Waals surface area contributed by atoms with Crippen LogP contribution in [0.2, 0.25) is 0 Å². The van der Waals surface area contributed by atoms with E-state index in [2.05, 4.69) is 15.0 Å². The van der Waals surface area contributed by atoms with Gasteiger partial charge in [0.2, 0.25) is 5.91 Å². The predicted molar refractivity (Wildman–Crippen MR) is 150 cm³/mol. The summed E-state index contributed by atoms with van der Waals surface area (Å²) < 4.78 is 14.9. The zero-order valence-electron chi connectivity index (χ0n) is 22.2. The van der Waals surface area contributed by atoms with Crippen molar-refractivity contribution in [1.82, 2.24) is 19.9 Å². The number of Topliss-reactive ketones (excluding diaryl/α,β-unsaturated/α-hetero) is 1. The molecule has 0 bridgehead atoms. The van der Waals surface area contributed by atoms with Gasteiger partial charge in [-0.2, -0.15) is 5.26 Å². The second-order valence-electron chi connectivity index (χ2n) is 10.6. The van der Waals surface area contributed by atoms with Crippen molar-refractivity contribution < 1.29 is 14.0 Å². The fourth-order valence-electron chi connectivity index (χ4n) is 5.45. The molecule has 0 atom stereocenters. The van der Waals surface area contributed by atoms with Crippen LogP contribution >= 0.6 is 0 Å². The van der Waals surface area contributed by atoms with E-state index in [4.69, 9.17) is 5.26 Å². The predicted octanol–water partition coefficient (Wildman–Crippen LogP) is 5.90. The summed E-state index contributed by atoms with van der Waals surface area (Å²) in [6, 6.07) is 14.6. The van der Waals surface area contributed by atoms with Crippen molar-refractivity contribution >= 4 is 28.3 Å². The molecule has 1 aliphatic carbocycles. The minimum atomic E-state index is -0.424. The van der Waals surface area contributed by atoms with Crippen molar-refractivity contribution in [2.24, 2.45) is 0 Å². The molecule has 7 nitrogen and oxygen atoms in total. The number of rotatable bonds is 7. The number of hydrogen-bond donors (Lipinski definition) is 1. The Labute approximate surface area is 231 Å². The smallest absolute Gasteiger partial charge is 0.237 e. The number of carbonyl (C=O) groups excluding carboxylic acids is 2. The van der Waals surface area contributed by atoms with Gasteiger partial charge in [0.25, 0.3) is 0 Å². The van der Waals surface area contributed by atoms with E-state index in [1.807, 2.05) is 49.4 Å². The first-order valence-corrected chi connectivity index (χ1v) is 13.5. The first-order valence-electron chi connectivity index (χ1n) is 13.5. The lowest BCUT2D eigenvalue weighted by Gasteiger charge is -2.25. The molecular formula is C32H28FN5O2. The van der Waals surface area contributed by atoms with Crippen molar-refractivity contribution in [3.05, 3.63) is 88.6 Å². The first-order chi connectivity index (χ1) is 19.4. The molecule has 6 rings (SSSR count). The number of aromatic nitrogens is 3.